The second kappa shape index (κ2) is 4.51. The van der Waals surface area contributed by atoms with Crippen molar-refractivity contribution >= 4 is 23.2 Å². The molecule has 0 aliphatic carbocycles. The number of thiophene rings is 1. The monoisotopic (exact) mass is 273 g/mol. The number of rotatable bonds is 3. The van der Waals surface area contributed by atoms with Gasteiger partial charge in [0.15, 0.2) is 0 Å². The molecule has 0 saturated carbocycles. The molecule has 2 aromatic rings. The summed E-state index contributed by atoms with van der Waals surface area (Å²) >= 11 is 1.22. The minimum Gasteiger partial charge on any atom is -0.477 e. The summed E-state index contributed by atoms with van der Waals surface area (Å²) in [6.07, 6.45) is 0. The van der Waals surface area contributed by atoms with Gasteiger partial charge in [0, 0.05) is 17.0 Å². The summed E-state index contributed by atoms with van der Waals surface area (Å²) in [4.78, 5) is 25.9. The summed E-state index contributed by atoms with van der Waals surface area (Å²) in [5.74, 6) is -0.909. The Morgan fingerprint density at radius 1 is 1.26 bits per heavy atom. The lowest BCUT2D eigenvalue weighted by molar-refractivity contribution is 0.0701. The number of hydrogen-bond donors (Lipinski definition) is 1. The fraction of sp³-hybridized carbons (Fsp3) is 0.143. The van der Waals surface area contributed by atoms with Crippen LogP contribution < -0.4 is 0 Å². The molecule has 2 heterocycles. The second-order valence-corrected chi connectivity index (χ2v) is 5.56. The molecular formula is C14H11NO3S. The van der Waals surface area contributed by atoms with E-state index in [1.807, 2.05) is 24.3 Å². The Balaban J connectivity index is 1.79. The van der Waals surface area contributed by atoms with Crippen LogP contribution in [0.5, 0.6) is 0 Å². The van der Waals surface area contributed by atoms with E-state index >= 15 is 0 Å². The number of benzene rings is 1. The molecule has 5 heteroatoms. The number of hydrogen-bond acceptors (Lipinski definition) is 3. The van der Waals surface area contributed by atoms with Gasteiger partial charge < -0.3 is 10.0 Å². The third-order valence-electron chi connectivity index (χ3n) is 3.12. The molecule has 3 rings (SSSR count). The van der Waals surface area contributed by atoms with Crippen molar-refractivity contribution in [3.8, 4) is 0 Å². The van der Waals surface area contributed by atoms with Crippen molar-refractivity contribution in [3.05, 3.63) is 57.3 Å². The first-order valence-corrected chi connectivity index (χ1v) is 6.66. The Morgan fingerprint density at radius 3 is 2.74 bits per heavy atom. The van der Waals surface area contributed by atoms with Crippen LogP contribution in [0.25, 0.3) is 0 Å². The number of carbonyl (C=O) groups excluding carboxylic acids is 1. The van der Waals surface area contributed by atoms with Gasteiger partial charge in [-0.05, 0) is 23.8 Å². The van der Waals surface area contributed by atoms with E-state index in [0.29, 0.717) is 18.0 Å². The third kappa shape index (κ3) is 2.13. The molecule has 96 valence electrons. The van der Waals surface area contributed by atoms with E-state index in [0.717, 1.165) is 16.0 Å². The van der Waals surface area contributed by atoms with Crippen molar-refractivity contribution in [1.82, 2.24) is 4.90 Å². The molecule has 4 nitrogen and oxygen atoms in total. The molecule has 1 aliphatic heterocycles. The normalized spacial score (nSPS) is 13.7. The van der Waals surface area contributed by atoms with Gasteiger partial charge in [-0.2, -0.15) is 0 Å². The molecule has 1 aliphatic rings. The van der Waals surface area contributed by atoms with Crippen LogP contribution in [-0.2, 0) is 13.1 Å². The van der Waals surface area contributed by atoms with Gasteiger partial charge in [0.25, 0.3) is 5.91 Å². The van der Waals surface area contributed by atoms with Gasteiger partial charge in [0.05, 0.1) is 6.54 Å². The van der Waals surface area contributed by atoms with Crippen molar-refractivity contribution in [1.29, 1.82) is 0 Å². The average Bonchev–Trinajstić information content (AvgIpc) is 2.97. The minimum atomic E-state index is -0.924. The van der Waals surface area contributed by atoms with Crippen molar-refractivity contribution in [2.24, 2.45) is 0 Å². The van der Waals surface area contributed by atoms with Crippen molar-refractivity contribution in [2.45, 2.75) is 13.1 Å². The topological polar surface area (TPSA) is 57.6 Å². The molecule has 1 aromatic carbocycles. The van der Waals surface area contributed by atoms with E-state index < -0.39 is 5.97 Å². The van der Waals surface area contributed by atoms with Crippen LogP contribution in [0, 0.1) is 0 Å². The van der Waals surface area contributed by atoms with Gasteiger partial charge in [-0.3, -0.25) is 4.79 Å². The van der Waals surface area contributed by atoms with Crippen molar-refractivity contribution in [2.75, 3.05) is 0 Å². The number of fused-ring (bicyclic) bond motifs is 1. The SMILES string of the molecule is O=C(O)c1ccc(CN2Cc3ccccc3C2=O)s1. The highest BCUT2D eigenvalue weighted by Gasteiger charge is 2.27. The van der Waals surface area contributed by atoms with E-state index in [9.17, 15) is 9.59 Å². The van der Waals surface area contributed by atoms with Crippen molar-refractivity contribution in [3.63, 3.8) is 0 Å². The first-order valence-electron chi connectivity index (χ1n) is 5.84. The standard InChI is InChI=1S/C14H11NO3S/c16-13-11-4-2-1-3-9(11)7-15(13)8-10-5-6-12(19-10)14(17)18/h1-6H,7-8H2,(H,17,18). The highest BCUT2D eigenvalue weighted by molar-refractivity contribution is 7.13. The molecule has 19 heavy (non-hydrogen) atoms. The van der Waals surface area contributed by atoms with E-state index in [2.05, 4.69) is 0 Å². The first-order chi connectivity index (χ1) is 9.15. The van der Waals surface area contributed by atoms with Crippen LogP contribution in [0.1, 0.15) is 30.5 Å². The summed E-state index contributed by atoms with van der Waals surface area (Å²) < 4.78 is 0. The van der Waals surface area contributed by atoms with Gasteiger partial charge >= 0.3 is 5.97 Å². The van der Waals surface area contributed by atoms with Crippen LogP contribution >= 0.6 is 11.3 Å². The van der Waals surface area contributed by atoms with Crippen LogP contribution in [0.4, 0.5) is 0 Å². The molecule has 0 saturated heterocycles. The molecule has 1 aromatic heterocycles. The minimum absolute atomic E-state index is 0.0147. The smallest absolute Gasteiger partial charge is 0.345 e. The number of carboxylic acid groups (broad SMARTS) is 1. The van der Waals surface area contributed by atoms with E-state index in [1.165, 1.54) is 11.3 Å². The summed E-state index contributed by atoms with van der Waals surface area (Å²) in [5, 5.41) is 8.88. The molecule has 0 unspecified atom stereocenters. The quantitative estimate of drug-likeness (QED) is 0.935. The summed E-state index contributed by atoms with van der Waals surface area (Å²) in [6.45, 7) is 1.06. The van der Waals surface area contributed by atoms with Gasteiger partial charge in [0.1, 0.15) is 4.88 Å². The zero-order chi connectivity index (χ0) is 13.4. The number of carbonyl (C=O) groups is 2. The van der Waals surface area contributed by atoms with Crippen LogP contribution in [-0.4, -0.2) is 21.9 Å². The van der Waals surface area contributed by atoms with E-state index in [-0.39, 0.29) is 5.91 Å². The first kappa shape index (κ1) is 11.9. The lowest BCUT2D eigenvalue weighted by atomic mass is 10.1. The summed E-state index contributed by atoms with van der Waals surface area (Å²) in [7, 11) is 0. The molecule has 1 amide bonds. The molecule has 0 bridgehead atoms. The lowest BCUT2D eigenvalue weighted by Gasteiger charge is -2.13. The maximum atomic E-state index is 12.2. The Bertz CT molecular complexity index is 662. The number of nitrogens with zero attached hydrogens (tertiary/aromatic N) is 1. The number of aromatic carboxylic acids is 1. The molecule has 0 fully saturated rings. The van der Waals surface area contributed by atoms with Crippen molar-refractivity contribution < 1.29 is 14.7 Å². The van der Waals surface area contributed by atoms with Gasteiger partial charge in [-0.15, -0.1) is 11.3 Å². The molecule has 0 spiro atoms. The van der Waals surface area contributed by atoms with Crippen LogP contribution in [0.2, 0.25) is 0 Å². The van der Waals surface area contributed by atoms with E-state index in [4.69, 9.17) is 5.11 Å². The Hall–Kier alpha value is -2.14. The summed E-state index contributed by atoms with van der Waals surface area (Å²) in [6, 6.07) is 10.9. The largest absolute Gasteiger partial charge is 0.477 e. The summed E-state index contributed by atoms with van der Waals surface area (Å²) in [5.41, 5.74) is 1.78. The number of amides is 1. The Labute approximate surface area is 113 Å². The maximum Gasteiger partial charge on any atom is 0.345 e. The third-order valence-corrected chi connectivity index (χ3v) is 4.17. The zero-order valence-corrected chi connectivity index (χ0v) is 10.8. The van der Waals surface area contributed by atoms with E-state index in [1.54, 1.807) is 17.0 Å². The fourth-order valence-corrected chi connectivity index (χ4v) is 3.07. The molecule has 1 N–H and O–H groups in total. The van der Waals surface area contributed by atoms with Gasteiger partial charge in [-0.25, -0.2) is 4.79 Å². The number of carboxylic acids is 1. The lowest BCUT2D eigenvalue weighted by Crippen LogP contribution is -2.22. The predicted octanol–water partition coefficient (Wildman–Crippen LogP) is 2.60. The van der Waals surface area contributed by atoms with Gasteiger partial charge in [0.2, 0.25) is 0 Å². The zero-order valence-electron chi connectivity index (χ0n) is 10.00. The highest BCUT2D eigenvalue weighted by Crippen LogP contribution is 2.26. The molecule has 0 radical (unpaired) electrons. The average molecular weight is 273 g/mol. The van der Waals surface area contributed by atoms with Crippen LogP contribution in [0.15, 0.2) is 36.4 Å². The van der Waals surface area contributed by atoms with Crippen LogP contribution in [0.3, 0.4) is 0 Å². The second-order valence-electron chi connectivity index (χ2n) is 4.39. The van der Waals surface area contributed by atoms with Gasteiger partial charge in [-0.1, -0.05) is 18.2 Å². The Kier molecular flexibility index (Phi) is 2.83. The Morgan fingerprint density at radius 2 is 2.05 bits per heavy atom. The highest BCUT2D eigenvalue weighted by atomic mass is 32.1. The molecule has 0 atom stereocenters. The molecular weight excluding hydrogens is 262 g/mol. The predicted molar refractivity (Wildman–Crippen MR) is 71.3 cm³/mol. The maximum absolute atomic E-state index is 12.2. The fourth-order valence-electron chi connectivity index (χ4n) is 2.21.